The van der Waals surface area contributed by atoms with Gasteiger partial charge in [0.1, 0.15) is 5.75 Å². The van der Waals surface area contributed by atoms with Crippen LogP contribution < -0.4 is 10.5 Å². The molecule has 2 N–H and O–H groups in total. The molecule has 0 spiro atoms. The van der Waals surface area contributed by atoms with E-state index in [9.17, 15) is 0 Å². The molecule has 0 bridgehead atoms. The molecule has 2 heterocycles. The second kappa shape index (κ2) is 5.46. The first-order valence-corrected chi connectivity index (χ1v) is 7.79. The third-order valence-corrected chi connectivity index (χ3v) is 5.13. The van der Waals surface area contributed by atoms with Crippen molar-refractivity contribution in [2.75, 3.05) is 19.4 Å². The SMILES string of the molecule is COc1ccc(CN2CCc3sccc3C2C)c(N)c1. The van der Waals surface area contributed by atoms with Crippen molar-refractivity contribution in [3.63, 3.8) is 0 Å². The van der Waals surface area contributed by atoms with Gasteiger partial charge in [0.2, 0.25) is 0 Å². The van der Waals surface area contributed by atoms with Crippen LogP contribution in [0.4, 0.5) is 5.69 Å². The summed E-state index contributed by atoms with van der Waals surface area (Å²) in [4.78, 5) is 4.03. The van der Waals surface area contributed by atoms with Gasteiger partial charge < -0.3 is 10.5 Å². The molecule has 0 radical (unpaired) electrons. The maximum atomic E-state index is 6.13. The van der Waals surface area contributed by atoms with Gasteiger partial charge in [0, 0.05) is 35.8 Å². The third kappa shape index (κ3) is 2.41. The van der Waals surface area contributed by atoms with Crippen molar-refractivity contribution < 1.29 is 4.74 Å². The molecule has 106 valence electrons. The summed E-state index contributed by atoms with van der Waals surface area (Å²) >= 11 is 1.88. The molecule has 0 fully saturated rings. The van der Waals surface area contributed by atoms with Crippen molar-refractivity contribution in [1.29, 1.82) is 0 Å². The van der Waals surface area contributed by atoms with Gasteiger partial charge in [0.05, 0.1) is 7.11 Å². The molecule has 1 aromatic heterocycles. The van der Waals surface area contributed by atoms with Gasteiger partial charge in [-0.1, -0.05) is 6.07 Å². The molecule has 0 saturated heterocycles. The summed E-state index contributed by atoms with van der Waals surface area (Å²) in [6, 6.07) is 8.68. The summed E-state index contributed by atoms with van der Waals surface area (Å²) in [6.07, 6.45) is 1.15. The molecule has 0 aliphatic carbocycles. The first-order chi connectivity index (χ1) is 9.69. The Morgan fingerprint density at radius 1 is 1.40 bits per heavy atom. The molecule has 3 nitrogen and oxygen atoms in total. The van der Waals surface area contributed by atoms with Crippen LogP contribution in [-0.2, 0) is 13.0 Å². The predicted molar refractivity (Wildman–Crippen MR) is 84.3 cm³/mol. The van der Waals surface area contributed by atoms with Crippen molar-refractivity contribution in [3.8, 4) is 5.75 Å². The minimum atomic E-state index is 0.464. The second-order valence-corrected chi connectivity index (χ2v) is 6.26. The Labute approximate surface area is 124 Å². The van der Waals surface area contributed by atoms with Gasteiger partial charge in [0.15, 0.2) is 0 Å². The average molecular weight is 288 g/mol. The largest absolute Gasteiger partial charge is 0.497 e. The van der Waals surface area contributed by atoms with E-state index in [-0.39, 0.29) is 0 Å². The van der Waals surface area contributed by atoms with Crippen LogP contribution in [0.2, 0.25) is 0 Å². The van der Waals surface area contributed by atoms with E-state index < -0.39 is 0 Å². The quantitative estimate of drug-likeness (QED) is 0.879. The van der Waals surface area contributed by atoms with Crippen LogP contribution in [0, 0.1) is 0 Å². The smallest absolute Gasteiger partial charge is 0.120 e. The van der Waals surface area contributed by atoms with Crippen molar-refractivity contribution in [3.05, 3.63) is 45.6 Å². The Morgan fingerprint density at radius 2 is 2.25 bits per heavy atom. The number of nitrogens with two attached hydrogens (primary N) is 1. The Morgan fingerprint density at radius 3 is 3.00 bits per heavy atom. The molecule has 0 amide bonds. The summed E-state index contributed by atoms with van der Waals surface area (Å²) in [5.74, 6) is 0.818. The second-order valence-electron chi connectivity index (χ2n) is 5.26. The molecule has 1 aliphatic heterocycles. The molecule has 4 heteroatoms. The zero-order valence-corrected chi connectivity index (χ0v) is 12.7. The number of methoxy groups -OCH3 is 1. The number of rotatable bonds is 3. The van der Waals surface area contributed by atoms with Gasteiger partial charge in [-0.15, -0.1) is 11.3 Å². The fraction of sp³-hybridized carbons (Fsp3) is 0.375. The fourth-order valence-corrected chi connectivity index (χ4v) is 3.80. The van der Waals surface area contributed by atoms with Crippen molar-refractivity contribution >= 4 is 17.0 Å². The molecule has 3 rings (SSSR count). The zero-order chi connectivity index (χ0) is 14.1. The van der Waals surface area contributed by atoms with E-state index in [1.807, 2.05) is 23.5 Å². The van der Waals surface area contributed by atoms with E-state index in [1.165, 1.54) is 16.0 Å². The third-order valence-electron chi connectivity index (χ3n) is 4.13. The monoisotopic (exact) mass is 288 g/mol. The lowest BCUT2D eigenvalue weighted by atomic mass is 10.0. The summed E-state index contributed by atoms with van der Waals surface area (Å²) in [6.45, 7) is 4.27. The highest BCUT2D eigenvalue weighted by Crippen LogP contribution is 2.34. The van der Waals surface area contributed by atoms with Gasteiger partial charge in [-0.3, -0.25) is 4.90 Å². The normalized spacial score (nSPS) is 18.8. The summed E-state index contributed by atoms with van der Waals surface area (Å²) in [5.41, 5.74) is 9.60. The van der Waals surface area contributed by atoms with E-state index in [1.54, 1.807) is 7.11 Å². The summed E-state index contributed by atoms with van der Waals surface area (Å²) < 4.78 is 5.20. The molecule has 0 saturated carbocycles. The molecule has 1 atom stereocenters. The van der Waals surface area contributed by atoms with Gasteiger partial charge >= 0.3 is 0 Å². The molecule has 1 aromatic carbocycles. The highest BCUT2D eigenvalue weighted by atomic mass is 32.1. The number of nitrogen functional groups attached to an aromatic ring is 1. The highest BCUT2D eigenvalue weighted by molar-refractivity contribution is 7.10. The van der Waals surface area contributed by atoms with E-state index in [2.05, 4.69) is 29.3 Å². The Bertz CT molecular complexity index is 608. The first-order valence-electron chi connectivity index (χ1n) is 6.91. The Hall–Kier alpha value is -1.52. The van der Waals surface area contributed by atoms with Gasteiger partial charge in [0.25, 0.3) is 0 Å². The Kier molecular flexibility index (Phi) is 3.68. The van der Waals surface area contributed by atoms with Crippen LogP contribution in [0.1, 0.15) is 29.0 Å². The van der Waals surface area contributed by atoms with Gasteiger partial charge in [-0.2, -0.15) is 0 Å². The van der Waals surface area contributed by atoms with Crippen LogP contribution in [0.3, 0.4) is 0 Å². The average Bonchev–Trinajstić information content (AvgIpc) is 2.93. The molecular weight excluding hydrogens is 268 g/mol. The molecule has 1 aliphatic rings. The number of benzene rings is 1. The highest BCUT2D eigenvalue weighted by Gasteiger charge is 2.24. The fourth-order valence-electron chi connectivity index (χ4n) is 2.84. The van der Waals surface area contributed by atoms with E-state index >= 15 is 0 Å². The lowest BCUT2D eigenvalue weighted by Crippen LogP contribution is -2.32. The van der Waals surface area contributed by atoms with Crippen LogP contribution in [0.5, 0.6) is 5.75 Å². The number of hydrogen-bond acceptors (Lipinski definition) is 4. The minimum Gasteiger partial charge on any atom is -0.497 e. The summed E-state index contributed by atoms with van der Waals surface area (Å²) in [5, 5.41) is 2.20. The minimum absolute atomic E-state index is 0.464. The van der Waals surface area contributed by atoms with Crippen LogP contribution in [0.25, 0.3) is 0 Å². The lowest BCUT2D eigenvalue weighted by molar-refractivity contribution is 0.192. The summed E-state index contributed by atoms with van der Waals surface area (Å²) in [7, 11) is 1.67. The van der Waals surface area contributed by atoms with Crippen LogP contribution in [-0.4, -0.2) is 18.6 Å². The van der Waals surface area contributed by atoms with Crippen LogP contribution in [0.15, 0.2) is 29.6 Å². The van der Waals surface area contributed by atoms with Crippen molar-refractivity contribution in [1.82, 2.24) is 4.90 Å². The lowest BCUT2D eigenvalue weighted by Gasteiger charge is -2.33. The number of anilines is 1. The van der Waals surface area contributed by atoms with Gasteiger partial charge in [-0.25, -0.2) is 0 Å². The zero-order valence-electron chi connectivity index (χ0n) is 11.9. The first kappa shape index (κ1) is 13.5. The van der Waals surface area contributed by atoms with Gasteiger partial charge in [-0.05, 0) is 42.0 Å². The number of ether oxygens (including phenoxy) is 1. The molecule has 1 unspecified atom stereocenters. The maximum absolute atomic E-state index is 6.13. The van der Waals surface area contributed by atoms with Crippen molar-refractivity contribution in [2.45, 2.75) is 25.9 Å². The van der Waals surface area contributed by atoms with E-state index in [0.29, 0.717) is 6.04 Å². The topological polar surface area (TPSA) is 38.5 Å². The number of nitrogens with zero attached hydrogens (tertiary/aromatic N) is 1. The molecular formula is C16H20N2OS. The maximum Gasteiger partial charge on any atom is 0.120 e. The van der Waals surface area contributed by atoms with Crippen LogP contribution >= 0.6 is 11.3 Å². The van der Waals surface area contributed by atoms with E-state index in [0.717, 1.165) is 30.9 Å². The molecule has 20 heavy (non-hydrogen) atoms. The van der Waals surface area contributed by atoms with Crippen molar-refractivity contribution in [2.24, 2.45) is 0 Å². The number of thiophene rings is 1. The predicted octanol–water partition coefficient (Wildman–Crippen LogP) is 3.46. The number of hydrogen-bond donors (Lipinski definition) is 1. The Balaban J connectivity index is 1.79. The molecule has 2 aromatic rings. The number of fused-ring (bicyclic) bond motifs is 1. The van der Waals surface area contributed by atoms with E-state index in [4.69, 9.17) is 10.5 Å². The standard InChI is InChI=1S/C16H20N2OS/c1-11-14-6-8-20-16(14)5-7-18(11)10-12-3-4-13(19-2)9-15(12)17/h3-4,6,8-9,11H,5,7,10,17H2,1-2H3.